The number of nitrogens with one attached hydrogen (secondary N) is 1. The van der Waals surface area contributed by atoms with Gasteiger partial charge in [0.1, 0.15) is 0 Å². The minimum absolute atomic E-state index is 0.316. The van der Waals surface area contributed by atoms with Crippen molar-refractivity contribution in [1.82, 2.24) is 5.32 Å². The van der Waals surface area contributed by atoms with Gasteiger partial charge in [0.25, 0.3) is 0 Å². The summed E-state index contributed by atoms with van der Waals surface area (Å²) in [4.78, 5) is 0. The number of rotatable bonds is 4. The molecule has 0 radical (unpaired) electrons. The average Bonchev–Trinajstić information content (AvgIpc) is 2.18. The summed E-state index contributed by atoms with van der Waals surface area (Å²) in [5.74, 6) is 0. The number of hydrogen-bond acceptors (Lipinski definition) is 2. The zero-order valence-electron chi connectivity index (χ0n) is 11.9. The predicted molar refractivity (Wildman–Crippen MR) is 73.1 cm³/mol. The number of aliphatic hydroxyl groups is 1. The van der Waals surface area contributed by atoms with E-state index in [4.69, 9.17) is 0 Å². The van der Waals surface area contributed by atoms with Crippen molar-refractivity contribution in [1.29, 1.82) is 0 Å². The van der Waals surface area contributed by atoms with E-state index in [1.807, 2.05) is 27.7 Å². The molecule has 0 aromatic heterocycles. The summed E-state index contributed by atoms with van der Waals surface area (Å²) in [5, 5.41) is 13.5. The van der Waals surface area contributed by atoms with Gasteiger partial charge in [-0.2, -0.15) is 0 Å². The van der Waals surface area contributed by atoms with Crippen molar-refractivity contribution in [2.75, 3.05) is 0 Å². The Labute approximate surface area is 105 Å². The van der Waals surface area contributed by atoms with Crippen LogP contribution in [0.15, 0.2) is 18.2 Å². The van der Waals surface area contributed by atoms with Crippen LogP contribution in [0.5, 0.6) is 0 Å². The van der Waals surface area contributed by atoms with E-state index in [1.165, 1.54) is 16.7 Å². The standard InChI is InChI=1S/C15H25NO/c1-11-7-8-12(2)13(9-11)10-16-14(3,4)15(5,6)17/h7-9,16-17H,10H2,1-6H3. The predicted octanol–water partition coefficient (Wildman–Crippen LogP) is 2.94. The molecule has 17 heavy (non-hydrogen) atoms. The first-order chi connectivity index (χ1) is 7.63. The molecule has 2 N–H and O–H groups in total. The quantitative estimate of drug-likeness (QED) is 0.841. The highest BCUT2D eigenvalue weighted by atomic mass is 16.3. The van der Waals surface area contributed by atoms with Gasteiger partial charge in [-0.15, -0.1) is 0 Å². The van der Waals surface area contributed by atoms with E-state index < -0.39 is 5.60 Å². The SMILES string of the molecule is Cc1ccc(C)c(CNC(C)(C)C(C)(C)O)c1. The normalized spacial score (nSPS) is 12.9. The van der Waals surface area contributed by atoms with Crippen molar-refractivity contribution in [3.8, 4) is 0 Å². The Balaban J connectivity index is 2.77. The minimum atomic E-state index is -0.745. The van der Waals surface area contributed by atoms with Gasteiger partial charge < -0.3 is 10.4 Å². The van der Waals surface area contributed by atoms with E-state index in [2.05, 4.69) is 37.4 Å². The molecule has 1 rings (SSSR count). The van der Waals surface area contributed by atoms with Crippen LogP contribution >= 0.6 is 0 Å². The summed E-state index contributed by atoms with van der Waals surface area (Å²) in [6.07, 6.45) is 0. The number of aryl methyl sites for hydroxylation is 2. The second-order valence-electron chi connectivity index (χ2n) is 5.97. The highest BCUT2D eigenvalue weighted by molar-refractivity contribution is 5.30. The number of benzene rings is 1. The fourth-order valence-electron chi connectivity index (χ4n) is 1.52. The number of hydrogen-bond donors (Lipinski definition) is 2. The first-order valence-corrected chi connectivity index (χ1v) is 6.17. The van der Waals surface area contributed by atoms with Gasteiger partial charge in [0.15, 0.2) is 0 Å². The highest BCUT2D eigenvalue weighted by Gasteiger charge is 2.34. The molecule has 0 heterocycles. The van der Waals surface area contributed by atoms with Crippen molar-refractivity contribution >= 4 is 0 Å². The summed E-state index contributed by atoms with van der Waals surface area (Å²) in [6.45, 7) is 12.7. The molecule has 0 saturated carbocycles. The summed E-state index contributed by atoms with van der Waals surface area (Å²) < 4.78 is 0. The molecular formula is C15H25NO. The fourth-order valence-corrected chi connectivity index (χ4v) is 1.52. The van der Waals surface area contributed by atoms with Gasteiger partial charge in [-0.05, 0) is 52.7 Å². The molecule has 0 bridgehead atoms. The lowest BCUT2D eigenvalue weighted by molar-refractivity contribution is -0.00534. The van der Waals surface area contributed by atoms with E-state index in [-0.39, 0.29) is 5.54 Å². The fraction of sp³-hybridized carbons (Fsp3) is 0.600. The molecule has 0 aliphatic carbocycles. The van der Waals surface area contributed by atoms with Crippen LogP contribution in [0.25, 0.3) is 0 Å². The Hall–Kier alpha value is -0.860. The minimum Gasteiger partial charge on any atom is -0.389 e. The van der Waals surface area contributed by atoms with Crippen LogP contribution in [-0.4, -0.2) is 16.2 Å². The van der Waals surface area contributed by atoms with Crippen LogP contribution in [0.1, 0.15) is 44.4 Å². The topological polar surface area (TPSA) is 32.3 Å². The molecular weight excluding hydrogens is 210 g/mol. The lowest BCUT2D eigenvalue weighted by Gasteiger charge is -2.38. The van der Waals surface area contributed by atoms with Crippen molar-refractivity contribution in [2.45, 2.75) is 59.2 Å². The van der Waals surface area contributed by atoms with Crippen molar-refractivity contribution in [3.05, 3.63) is 34.9 Å². The Morgan fingerprint density at radius 1 is 1.12 bits per heavy atom. The summed E-state index contributed by atoms with van der Waals surface area (Å²) in [7, 11) is 0. The van der Waals surface area contributed by atoms with Gasteiger partial charge >= 0.3 is 0 Å². The third-order valence-corrected chi connectivity index (χ3v) is 3.75. The average molecular weight is 235 g/mol. The van der Waals surface area contributed by atoms with Crippen molar-refractivity contribution in [3.63, 3.8) is 0 Å². The maximum atomic E-state index is 10.1. The van der Waals surface area contributed by atoms with E-state index in [9.17, 15) is 5.11 Å². The summed E-state index contributed by atoms with van der Waals surface area (Å²) >= 11 is 0. The van der Waals surface area contributed by atoms with Gasteiger partial charge in [-0.3, -0.25) is 0 Å². The second kappa shape index (κ2) is 4.79. The lowest BCUT2D eigenvalue weighted by Crippen LogP contribution is -2.55. The van der Waals surface area contributed by atoms with Gasteiger partial charge in [0, 0.05) is 12.1 Å². The van der Waals surface area contributed by atoms with Crippen LogP contribution in [0.2, 0.25) is 0 Å². The zero-order chi connectivity index (χ0) is 13.3. The molecule has 0 amide bonds. The molecule has 1 aromatic rings. The smallest absolute Gasteiger partial charge is 0.0767 e. The van der Waals surface area contributed by atoms with E-state index in [0.717, 1.165) is 6.54 Å². The van der Waals surface area contributed by atoms with Crippen LogP contribution < -0.4 is 5.32 Å². The third kappa shape index (κ3) is 3.55. The lowest BCUT2D eigenvalue weighted by atomic mass is 9.85. The van der Waals surface area contributed by atoms with Gasteiger partial charge in [-0.25, -0.2) is 0 Å². The summed E-state index contributed by atoms with van der Waals surface area (Å²) in [6, 6.07) is 6.46. The molecule has 0 aliphatic rings. The Bertz CT molecular complexity index is 388. The molecule has 1 aromatic carbocycles. The van der Waals surface area contributed by atoms with Crippen LogP contribution in [0, 0.1) is 13.8 Å². The zero-order valence-corrected chi connectivity index (χ0v) is 11.9. The van der Waals surface area contributed by atoms with E-state index in [1.54, 1.807) is 0 Å². The molecule has 0 atom stereocenters. The maximum Gasteiger partial charge on any atom is 0.0767 e. The Morgan fingerprint density at radius 3 is 2.24 bits per heavy atom. The maximum absolute atomic E-state index is 10.1. The van der Waals surface area contributed by atoms with Crippen LogP contribution in [-0.2, 0) is 6.54 Å². The molecule has 0 fully saturated rings. The third-order valence-electron chi connectivity index (χ3n) is 3.75. The first kappa shape index (κ1) is 14.2. The van der Waals surface area contributed by atoms with Crippen molar-refractivity contribution < 1.29 is 5.11 Å². The monoisotopic (exact) mass is 235 g/mol. The molecule has 0 spiro atoms. The molecule has 0 unspecified atom stereocenters. The molecule has 96 valence electrons. The largest absolute Gasteiger partial charge is 0.389 e. The van der Waals surface area contributed by atoms with Crippen LogP contribution in [0.3, 0.4) is 0 Å². The van der Waals surface area contributed by atoms with Gasteiger partial charge in [-0.1, -0.05) is 23.8 Å². The van der Waals surface area contributed by atoms with Gasteiger partial charge in [0.2, 0.25) is 0 Å². The highest BCUT2D eigenvalue weighted by Crippen LogP contribution is 2.21. The molecule has 2 heteroatoms. The van der Waals surface area contributed by atoms with Gasteiger partial charge in [0.05, 0.1) is 5.60 Å². The first-order valence-electron chi connectivity index (χ1n) is 6.17. The van der Waals surface area contributed by atoms with Crippen LogP contribution in [0.4, 0.5) is 0 Å². The van der Waals surface area contributed by atoms with E-state index in [0.29, 0.717) is 0 Å². The molecule has 0 saturated heterocycles. The Morgan fingerprint density at radius 2 is 1.71 bits per heavy atom. The van der Waals surface area contributed by atoms with Crippen molar-refractivity contribution in [2.24, 2.45) is 0 Å². The molecule has 2 nitrogen and oxygen atoms in total. The van der Waals surface area contributed by atoms with E-state index >= 15 is 0 Å². The Kier molecular flexibility index (Phi) is 4.00. The summed E-state index contributed by atoms with van der Waals surface area (Å²) in [5.41, 5.74) is 2.79. The molecule has 0 aliphatic heterocycles. The second-order valence-corrected chi connectivity index (χ2v) is 5.97.